The lowest BCUT2D eigenvalue weighted by Crippen LogP contribution is -2.47. The zero-order valence-electron chi connectivity index (χ0n) is 12.3. The molecule has 1 aromatic carbocycles. The van der Waals surface area contributed by atoms with Crippen LogP contribution in [0.1, 0.15) is 24.9 Å². The molecule has 0 spiro atoms. The van der Waals surface area contributed by atoms with Crippen molar-refractivity contribution in [3.05, 3.63) is 33.8 Å². The van der Waals surface area contributed by atoms with Crippen LogP contribution in [0.5, 0.6) is 0 Å². The van der Waals surface area contributed by atoms with Crippen molar-refractivity contribution in [2.45, 2.75) is 24.9 Å². The van der Waals surface area contributed by atoms with Gasteiger partial charge in [-0.3, -0.25) is 9.69 Å². The number of benzene rings is 1. The van der Waals surface area contributed by atoms with E-state index in [1.807, 2.05) is 24.9 Å². The summed E-state index contributed by atoms with van der Waals surface area (Å²) in [5, 5.41) is 10.8. The molecular weight excluding hydrogens is 313 g/mol. The van der Waals surface area contributed by atoms with Gasteiger partial charge in [0.2, 0.25) is 0 Å². The molecule has 0 amide bonds. The van der Waals surface area contributed by atoms with Crippen LogP contribution in [0.25, 0.3) is 0 Å². The van der Waals surface area contributed by atoms with Crippen molar-refractivity contribution >= 4 is 29.2 Å². The molecule has 1 aliphatic heterocycles. The van der Waals surface area contributed by atoms with Crippen molar-refractivity contribution in [2.24, 2.45) is 5.92 Å². The summed E-state index contributed by atoms with van der Waals surface area (Å²) in [6.07, 6.45) is 0.510. The van der Waals surface area contributed by atoms with Crippen molar-refractivity contribution in [3.8, 4) is 0 Å². The Balaban J connectivity index is 2.44. The van der Waals surface area contributed by atoms with E-state index in [4.69, 9.17) is 27.9 Å². The van der Waals surface area contributed by atoms with Crippen molar-refractivity contribution < 1.29 is 14.6 Å². The lowest BCUT2D eigenvalue weighted by Gasteiger charge is -2.33. The molecule has 3 atom stereocenters. The van der Waals surface area contributed by atoms with E-state index >= 15 is 0 Å². The summed E-state index contributed by atoms with van der Waals surface area (Å²) < 4.78 is 4.92. The van der Waals surface area contributed by atoms with Crippen LogP contribution < -0.4 is 0 Å². The first-order valence-electron chi connectivity index (χ1n) is 6.72. The van der Waals surface area contributed by atoms with Crippen LogP contribution in [0.15, 0.2) is 18.2 Å². The van der Waals surface area contributed by atoms with E-state index in [2.05, 4.69) is 0 Å². The third-order valence-electron chi connectivity index (χ3n) is 4.44. The summed E-state index contributed by atoms with van der Waals surface area (Å²) in [4.78, 5) is 14.0. The molecule has 21 heavy (non-hydrogen) atoms. The average molecular weight is 332 g/mol. The monoisotopic (exact) mass is 331 g/mol. The number of methoxy groups -OCH3 is 1. The molecule has 1 saturated heterocycles. The van der Waals surface area contributed by atoms with Gasteiger partial charge in [0.1, 0.15) is 5.54 Å². The van der Waals surface area contributed by atoms with Crippen molar-refractivity contribution in [1.29, 1.82) is 0 Å². The minimum atomic E-state index is -0.782. The maximum Gasteiger partial charge on any atom is 0.326 e. The summed E-state index contributed by atoms with van der Waals surface area (Å²) in [5.74, 6) is -0.409. The average Bonchev–Trinajstić information content (AvgIpc) is 2.71. The largest absolute Gasteiger partial charge is 0.468 e. The molecule has 0 unspecified atom stereocenters. The van der Waals surface area contributed by atoms with E-state index in [1.165, 1.54) is 7.11 Å². The predicted octanol–water partition coefficient (Wildman–Crippen LogP) is 2.91. The second-order valence-electron chi connectivity index (χ2n) is 5.63. The third-order valence-corrected chi connectivity index (χ3v) is 5.01. The summed E-state index contributed by atoms with van der Waals surface area (Å²) >= 11 is 12.2. The highest BCUT2D eigenvalue weighted by Gasteiger charge is 2.52. The van der Waals surface area contributed by atoms with Gasteiger partial charge in [0.25, 0.3) is 0 Å². The molecule has 1 fully saturated rings. The highest BCUT2D eigenvalue weighted by Crippen LogP contribution is 2.47. The molecule has 0 saturated carbocycles. The Labute approximate surface area is 134 Å². The Morgan fingerprint density at radius 3 is 2.71 bits per heavy atom. The van der Waals surface area contributed by atoms with Gasteiger partial charge in [-0.1, -0.05) is 29.3 Å². The molecule has 0 radical (unpaired) electrons. The molecule has 1 aliphatic rings. The number of halogens is 2. The van der Waals surface area contributed by atoms with Gasteiger partial charge in [0.05, 0.1) is 7.11 Å². The quantitative estimate of drug-likeness (QED) is 0.865. The van der Waals surface area contributed by atoms with Gasteiger partial charge >= 0.3 is 5.97 Å². The highest BCUT2D eigenvalue weighted by molar-refractivity contribution is 6.35. The summed E-state index contributed by atoms with van der Waals surface area (Å²) in [6, 6.07) is 5.12. The number of ether oxygens (including phenoxy) is 1. The van der Waals surface area contributed by atoms with E-state index in [0.29, 0.717) is 16.5 Å². The van der Waals surface area contributed by atoms with Crippen LogP contribution in [-0.4, -0.2) is 42.3 Å². The maximum atomic E-state index is 12.1. The minimum absolute atomic E-state index is 0.0272. The molecular formula is C15H19Cl2NO3. The second-order valence-corrected chi connectivity index (χ2v) is 6.48. The first kappa shape index (κ1) is 16.6. The summed E-state index contributed by atoms with van der Waals surface area (Å²) in [5.41, 5.74) is 0.0747. The van der Waals surface area contributed by atoms with Crippen molar-refractivity contribution in [2.75, 3.05) is 20.8 Å². The molecule has 6 heteroatoms. The molecule has 1 N–H and O–H groups in total. The Kier molecular flexibility index (Phi) is 4.83. The predicted molar refractivity (Wildman–Crippen MR) is 82.6 cm³/mol. The van der Waals surface area contributed by atoms with Crippen LogP contribution in [-0.2, 0) is 9.53 Å². The second kappa shape index (κ2) is 6.13. The highest BCUT2D eigenvalue weighted by atomic mass is 35.5. The van der Waals surface area contributed by atoms with Crippen molar-refractivity contribution in [1.82, 2.24) is 4.90 Å². The van der Waals surface area contributed by atoms with Gasteiger partial charge in [0.15, 0.2) is 0 Å². The van der Waals surface area contributed by atoms with E-state index in [9.17, 15) is 9.90 Å². The number of esters is 1. The van der Waals surface area contributed by atoms with E-state index in [-0.39, 0.29) is 24.5 Å². The van der Waals surface area contributed by atoms with Gasteiger partial charge in [0, 0.05) is 28.6 Å². The molecule has 0 aromatic heterocycles. The molecule has 1 heterocycles. The number of aliphatic hydroxyl groups excluding tert-OH is 1. The normalized spacial score (nSPS) is 29.6. The first-order chi connectivity index (χ1) is 9.85. The molecule has 116 valence electrons. The number of nitrogens with zero attached hydrogens (tertiary/aromatic N) is 1. The fourth-order valence-corrected chi connectivity index (χ4v) is 3.73. The van der Waals surface area contributed by atoms with E-state index in [1.54, 1.807) is 12.1 Å². The van der Waals surface area contributed by atoms with Gasteiger partial charge < -0.3 is 9.84 Å². The number of rotatable bonds is 3. The lowest BCUT2D eigenvalue weighted by molar-refractivity contribution is -0.152. The standard InChI is InChI=1S/C15H19Cl2NO3/c1-15(14(20)21-3)7-9(8-19)13(18(15)2)11-5-4-10(16)6-12(11)17/h4-6,9,13,19H,7-8H2,1-3H3/t9-,13-,15+/m0/s1. The van der Waals surface area contributed by atoms with Gasteiger partial charge in [-0.15, -0.1) is 0 Å². The number of hydrogen-bond donors (Lipinski definition) is 1. The van der Waals surface area contributed by atoms with Crippen LogP contribution in [0.2, 0.25) is 10.0 Å². The van der Waals surface area contributed by atoms with Crippen LogP contribution in [0.3, 0.4) is 0 Å². The van der Waals surface area contributed by atoms with Gasteiger partial charge in [-0.05, 0) is 38.1 Å². The van der Waals surface area contributed by atoms with Crippen LogP contribution in [0, 0.1) is 5.92 Å². The molecule has 2 rings (SSSR count). The Morgan fingerprint density at radius 2 is 2.19 bits per heavy atom. The molecule has 0 aliphatic carbocycles. The van der Waals surface area contributed by atoms with Crippen LogP contribution in [0.4, 0.5) is 0 Å². The summed E-state index contributed by atoms with van der Waals surface area (Å²) in [6.45, 7) is 1.80. The number of likely N-dealkylation sites (tertiary alicyclic amines) is 1. The van der Waals surface area contributed by atoms with Gasteiger partial charge in [-0.25, -0.2) is 0 Å². The molecule has 1 aromatic rings. The van der Waals surface area contributed by atoms with Crippen LogP contribution >= 0.6 is 23.2 Å². The Hall–Kier alpha value is -0.810. The third kappa shape index (κ3) is 2.78. The first-order valence-corrected chi connectivity index (χ1v) is 7.48. The topological polar surface area (TPSA) is 49.8 Å². The number of hydrogen-bond acceptors (Lipinski definition) is 4. The molecule has 4 nitrogen and oxygen atoms in total. The zero-order valence-corrected chi connectivity index (χ0v) is 13.8. The zero-order chi connectivity index (χ0) is 15.8. The minimum Gasteiger partial charge on any atom is -0.468 e. The number of aliphatic hydroxyl groups is 1. The Morgan fingerprint density at radius 1 is 1.52 bits per heavy atom. The fraction of sp³-hybridized carbons (Fsp3) is 0.533. The van der Waals surface area contributed by atoms with E-state index < -0.39 is 5.54 Å². The smallest absolute Gasteiger partial charge is 0.326 e. The van der Waals surface area contributed by atoms with Crippen molar-refractivity contribution in [3.63, 3.8) is 0 Å². The Bertz CT molecular complexity index is 552. The lowest BCUT2D eigenvalue weighted by atomic mass is 9.91. The number of carbonyl (C=O) groups is 1. The van der Waals surface area contributed by atoms with Gasteiger partial charge in [-0.2, -0.15) is 0 Å². The number of likely N-dealkylation sites (N-methyl/N-ethyl adjacent to an activating group) is 1. The van der Waals surface area contributed by atoms with E-state index in [0.717, 1.165) is 5.56 Å². The SMILES string of the molecule is COC(=O)[C@@]1(C)C[C@@H](CO)[C@@H](c2ccc(Cl)cc2Cl)N1C. The maximum absolute atomic E-state index is 12.1. The fourth-order valence-electron chi connectivity index (χ4n) is 3.20. The number of carbonyl (C=O) groups excluding carboxylic acids is 1. The summed E-state index contributed by atoms with van der Waals surface area (Å²) in [7, 11) is 3.22. The molecule has 0 bridgehead atoms.